The van der Waals surface area contributed by atoms with Gasteiger partial charge in [0.1, 0.15) is 6.04 Å². The number of fused-ring (bicyclic) bond motifs is 1. The molecule has 0 aliphatic heterocycles. The molecule has 2 aromatic carbocycles. The fourth-order valence-electron chi connectivity index (χ4n) is 3.23. The Bertz CT molecular complexity index is 909. The molecule has 2 aromatic rings. The van der Waals surface area contributed by atoms with Crippen LogP contribution < -0.4 is 5.32 Å². The first-order valence-corrected chi connectivity index (χ1v) is 9.70. The molecule has 1 N–H and O–H groups in total. The predicted molar refractivity (Wildman–Crippen MR) is 107 cm³/mol. The van der Waals surface area contributed by atoms with Crippen molar-refractivity contribution in [3.05, 3.63) is 69.7 Å². The van der Waals surface area contributed by atoms with Gasteiger partial charge in [0.25, 0.3) is 5.91 Å². The van der Waals surface area contributed by atoms with Crippen LogP contribution in [0.1, 0.15) is 51.6 Å². The highest BCUT2D eigenvalue weighted by Crippen LogP contribution is 2.22. The summed E-state index contributed by atoms with van der Waals surface area (Å²) in [5.41, 5.74) is 3.30. The van der Waals surface area contributed by atoms with Crippen molar-refractivity contribution in [2.24, 2.45) is 0 Å². The fraction of sp³-hybridized carbons (Fsp3) is 0.318. The van der Waals surface area contributed by atoms with Crippen LogP contribution >= 0.6 is 11.6 Å². The quantitative estimate of drug-likeness (QED) is 0.593. The van der Waals surface area contributed by atoms with Crippen LogP contribution in [-0.4, -0.2) is 30.3 Å². The van der Waals surface area contributed by atoms with Gasteiger partial charge in [0, 0.05) is 5.56 Å². The van der Waals surface area contributed by atoms with E-state index < -0.39 is 17.9 Å². The van der Waals surface area contributed by atoms with Gasteiger partial charge in [-0.3, -0.25) is 9.59 Å². The summed E-state index contributed by atoms with van der Waals surface area (Å²) in [7, 11) is 0. The second kappa shape index (κ2) is 9.02. The zero-order valence-corrected chi connectivity index (χ0v) is 16.4. The molecular formula is C22H22ClNO4. The minimum Gasteiger partial charge on any atom is -0.456 e. The van der Waals surface area contributed by atoms with Gasteiger partial charge in [-0.2, -0.15) is 0 Å². The molecule has 0 fully saturated rings. The molecule has 0 saturated heterocycles. The maximum Gasteiger partial charge on any atom is 0.328 e. The third kappa shape index (κ3) is 4.78. The van der Waals surface area contributed by atoms with Gasteiger partial charge < -0.3 is 10.1 Å². The molecule has 1 amide bonds. The van der Waals surface area contributed by atoms with Gasteiger partial charge in [-0.05, 0) is 61.9 Å². The summed E-state index contributed by atoms with van der Waals surface area (Å²) in [6.45, 7) is 1.14. The van der Waals surface area contributed by atoms with E-state index in [-0.39, 0.29) is 18.0 Å². The normalized spacial score (nSPS) is 13.9. The van der Waals surface area contributed by atoms with Crippen LogP contribution in [-0.2, 0) is 22.4 Å². The van der Waals surface area contributed by atoms with Crippen LogP contribution in [0.3, 0.4) is 0 Å². The minimum absolute atomic E-state index is 0.258. The Kier molecular flexibility index (Phi) is 6.47. The Morgan fingerprint density at radius 1 is 1.07 bits per heavy atom. The van der Waals surface area contributed by atoms with Gasteiger partial charge >= 0.3 is 5.97 Å². The Labute approximate surface area is 169 Å². The summed E-state index contributed by atoms with van der Waals surface area (Å²) in [5.74, 6) is -1.41. The molecule has 1 aliphatic rings. The highest BCUT2D eigenvalue weighted by molar-refractivity contribution is 6.33. The number of ketones is 1. The van der Waals surface area contributed by atoms with Crippen LogP contribution in [0.25, 0.3) is 0 Å². The molecule has 0 radical (unpaired) electrons. The maximum absolute atomic E-state index is 12.4. The number of nitrogens with one attached hydrogen (secondary N) is 1. The number of amides is 1. The maximum atomic E-state index is 12.4. The molecule has 0 aromatic heterocycles. The van der Waals surface area contributed by atoms with Crippen LogP contribution in [0.5, 0.6) is 0 Å². The van der Waals surface area contributed by atoms with Gasteiger partial charge in [-0.25, -0.2) is 4.79 Å². The van der Waals surface area contributed by atoms with Crippen molar-refractivity contribution in [1.29, 1.82) is 0 Å². The van der Waals surface area contributed by atoms with Crippen molar-refractivity contribution in [2.45, 2.75) is 38.6 Å². The summed E-state index contributed by atoms with van der Waals surface area (Å²) in [5, 5.41) is 2.83. The molecule has 1 atom stereocenters. The number of esters is 1. The van der Waals surface area contributed by atoms with E-state index in [2.05, 4.69) is 5.32 Å². The number of halogens is 1. The first kappa shape index (κ1) is 20.1. The van der Waals surface area contributed by atoms with Crippen LogP contribution in [0.15, 0.2) is 42.5 Å². The predicted octanol–water partition coefficient (Wildman–Crippen LogP) is 3.76. The number of Topliss-reactive ketones (excluding diaryl/α,β-unsaturated/α-hetero) is 1. The van der Waals surface area contributed by atoms with Gasteiger partial charge in [0.15, 0.2) is 12.4 Å². The summed E-state index contributed by atoms with van der Waals surface area (Å²) < 4.78 is 5.09. The van der Waals surface area contributed by atoms with E-state index in [1.165, 1.54) is 24.5 Å². The van der Waals surface area contributed by atoms with Crippen LogP contribution in [0.2, 0.25) is 5.02 Å². The topological polar surface area (TPSA) is 72.5 Å². The summed E-state index contributed by atoms with van der Waals surface area (Å²) in [6, 6.07) is 11.3. The second-order valence-corrected chi connectivity index (χ2v) is 7.30. The molecule has 5 nitrogen and oxygen atoms in total. The van der Waals surface area contributed by atoms with E-state index in [1.54, 1.807) is 30.3 Å². The standard InChI is InChI=1S/C22H22ClNO4/c1-14(24-21(26)18-8-4-5-9-19(18)23)22(27)28-13-20(25)17-11-10-15-6-2-3-7-16(15)12-17/h4-5,8-12,14H,2-3,6-7,13H2,1H3,(H,24,26)/t14-/m0/s1. The molecule has 6 heteroatoms. The molecule has 0 unspecified atom stereocenters. The van der Waals surface area contributed by atoms with Gasteiger partial charge in [0.05, 0.1) is 10.6 Å². The SMILES string of the molecule is C[C@H](NC(=O)c1ccccc1Cl)C(=O)OCC(=O)c1ccc2c(c1)CCCC2. The zero-order valence-electron chi connectivity index (χ0n) is 15.7. The summed E-state index contributed by atoms with van der Waals surface area (Å²) >= 11 is 5.98. The Morgan fingerprint density at radius 3 is 2.54 bits per heavy atom. The first-order chi connectivity index (χ1) is 13.5. The summed E-state index contributed by atoms with van der Waals surface area (Å²) in [4.78, 5) is 36.7. The fourth-order valence-corrected chi connectivity index (χ4v) is 3.45. The largest absolute Gasteiger partial charge is 0.456 e. The van der Waals surface area contributed by atoms with E-state index in [9.17, 15) is 14.4 Å². The number of carbonyl (C=O) groups excluding carboxylic acids is 3. The number of ether oxygens (including phenoxy) is 1. The molecular weight excluding hydrogens is 378 g/mol. The lowest BCUT2D eigenvalue weighted by Crippen LogP contribution is -2.40. The van der Waals surface area contributed by atoms with E-state index in [1.807, 2.05) is 12.1 Å². The number of rotatable bonds is 6. The van der Waals surface area contributed by atoms with Crippen molar-refractivity contribution in [2.75, 3.05) is 6.61 Å². The average molecular weight is 400 g/mol. The van der Waals surface area contributed by atoms with Gasteiger partial charge in [0.2, 0.25) is 0 Å². The number of benzene rings is 2. The Balaban J connectivity index is 1.54. The molecule has 1 aliphatic carbocycles. The smallest absolute Gasteiger partial charge is 0.328 e. The van der Waals surface area contributed by atoms with Crippen molar-refractivity contribution in [3.63, 3.8) is 0 Å². The van der Waals surface area contributed by atoms with E-state index >= 15 is 0 Å². The summed E-state index contributed by atoms with van der Waals surface area (Å²) in [6.07, 6.45) is 4.32. The van der Waals surface area contributed by atoms with E-state index in [0.717, 1.165) is 19.3 Å². The lowest BCUT2D eigenvalue weighted by Gasteiger charge is -2.16. The molecule has 0 saturated carbocycles. The molecule has 3 rings (SSSR count). The number of carbonyl (C=O) groups is 3. The van der Waals surface area contributed by atoms with E-state index in [4.69, 9.17) is 16.3 Å². The van der Waals surface area contributed by atoms with Crippen molar-refractivity contribution >= 4 is 29.3 Å². The Morgan fingerprint density at radius 2 is 1.79 bits per heavy atom. The van der Waals surface area contributed by atoms with Crippen molar-refractivity contribution < 1.29 is 19.1 Å². The molecule has 0 bridgehead atoms. The highest BCUT2D eigenvalue weighted by atomic mass is 35.5. The molecule has 28 heavy (non-hydrogen) atoms. The van der Waals surface area contributed by atoms with Gasteiger partial charge in [-0.1, -0.05) is 35.9 Å². The first-order valence-electron chi connectivity index (χ1n) is 9.32. The minimum atomic E-state index is -0.903. The lowest BCUT2D eigenvalue weighted by atomic mass is 9.90. The average Bonchev–Trinajstić information content (AvgIpc) is 2.71. The van der Waals surface area contributed by atoms with Crippen molar-refractivity contribution in [3.8, 4) is 0 Å². The monoisotopic (exact) mass is 399 g/mol. The third-order valence-electron chi connectivity index (χ3n) is 4.84. The number of hydrogen-bond donors (Lipinski definition) is 1. The number of hydrogen-bond acceptors (Lipinski definition) is 4. The van der Waals surface area contributed by atoms with Crippen molar-refractivity contribution in [1.82, 2.24) is 5.32 Å². The molecule has 0 heterocycles. The number of aryl methyl sites for hydroxylation is 2. The molecule has 146 valence electrons. The molecule has 0 spiro atoms. The van der Waals surface area contributed by atoms with Gasteiger partial charge in [-0.15, -0.1) is 0 Å². The van der Waals surface area contributed by atoms with E-state index in [0.29, 0.717) is 10.6 Å². The van der Waals surface area contributed by atoms with Crippen LogP contribution in [0, 0.1) is 0 Å². The second-order valence-electron chi connectivity index (χ2n) is 6.90. The third-order valence-corrected chi connectivity index (χ3v) is 5.17. The Hall–Kier alpha value is -2.66. The zero-order chi connectivity index (χ0) is 20.1. The highest BCUT2D eigenvalue weighted by Gasteiger charge is 2.21. The van der Waals surface area contributed by atoms with Crippen LogP contribution in [0.4, 0.5) is 0 Å². The lowest BCUT2D eigenvalue weighted by molar-refractivity contribution is -0.144.